The quantitative estimate of drug-likeness (QED) is 0.514. The highest BCUT2D eigenvalue weighted by Gasteiger charge is 2.22. The van der Waals surface area contributed by atoms with Gasteiger partial charge in [-0.1, -0.05) is 33.6 Å². The average Bonchev–Trinajstić information content (AvgIpc) is 2.58. The molecule has 0 saturated carbocycles. The molecule has 2 rings (SSSR count). The zero-order valence-electron chi connectivity index (χ0n) is 13.8. The Balaban J connectivity index is 2.42. The number of nitrogens with zero attached hydrogens (tertiary/aromatic N) is 2. The predicted octanol–water partition coefficient (Wildman–Crippen LogP) is 5.11. The van der Waals surface area contributed by atoms with Crippen LogP contribution >= 0.6 is 27.5 Å². The van der Waals surface area contributed by atoms with Crippen LogP contribution in [0.2, 0.25) is 5.02 Å². The maximum atomic E-state index is 12.4. The first-order valence-electron chi connectivity index (χ1n) is 7.67. The maximum absolute atomic E-state index is 12.4. The Bertz CT molecular complexity index is 810. The van der Waals surface area contributed by atoms with Crippen LogP contribution in [0.25, 0.3) is 0 Å². The summed E-state index contributed by atoms with van der Waals surface area (Å²) in [6.45, 7) is 5.00. The van der Waals surface area contributed by atoms with Crippen LogP contribution in [0.4, 0.5) is 17.1 Å². The number of benzene rings is 2. The van der Waals surface area contributed by atoms with Gasteiger partial charge in [0, 0.05) is 29.2 Å². The molecule has 132 valence electrons. The summed E-state index contributed by atoms with van der Waals surface area (Å²) in [4.78, 5) is 25.1. The molecule has 1 amide bonds. The third-order valence-electron chi connectivity index (χ3n) is 3.70. The van der Waals surface area contributed by atoms with Gasteiger partial charge in [0.15, 0.2) is 0 Å². The average molecular weight is 427 g/mol. The van der Waals surface area contributed by atoms with Gasteiger partial charge in [-0.2, -0.15) is 0 Å². The molecule has 2 aromatic rings. The zero-order valence-corrected chi connectivity index (χ0v) is 16.1. The molecule has 2 aromatic carbocycles. The minimum atomic E-state index is -0.473. The number of anilines is 2. The molecule has 0 aliphatic rings. The van der Waals surface area contributed by atoms with E-state index >= 15 is 0 Å². The molecule has 25 heavy (non-hydrogen) atoms. The largest absolute Gasteiger partial charge is 0.366 e. The van der Waals surface area contributed by atoms with E-state index in [4.69, 9.17) is 11.6 Å². The first-order chi connectivity index (χ1) is 11.9. The summed E-state index contributed by atoms with van der Waals surface area (Å²) in [6.07, 6.45) is 0. The van der Waals surface area contributed by atoms with Crippen LogP contribution < -0.4 is 10.2 Å². The molecule has 0 fully saturated rings. The first-order valence-corrected chi connectivity index (χ1v) is 8.84. The molecule has 0 aliphatic carbocycles. The lowest BCUT2D eigenvalue weighted by Crippen LogP contribution is -2.23. The highest BCUT2D eigenvalue weighted by Crippen LogP contribution is 2.36. The Morgan fingerprint density at radius 3 is 2.52 bits per heavy atom. The minimum absolute atomic E-state index is 0.0887. The minimum Gasteiger partial charge on any atom is -0.366 e. The van der Waals surface area contributed by atoms with Crippen molar-refractivity contribution < 1.29 is 9.72 Å². The Morgan fingerprint density at radius 2 is 1.96 bits per heavy atom. The van der Waals surface area contributed by atoms with Crippen LogP contribution in [0, 0.1) is 10.1 Å². The monoisotopic (exact) mass is 425 g/mol. The maximum Gasteiger partial charge on any atom is 0.294 e. The molecule has 0 saturated heterocycles. The highest BCUT2D eigenvalue weighted by atomic mass is 79.9. The lowest BCUT2D eigenvalue weighted by Gasteiger charge is -2.22. The third kappa shape index (κ3) is 4.49. The fourth-order valence-corrected chi connectivity index (χ4v) is 3.04. The summed E-state index contributed by atoms with van der Waals surface area (Å²) in [5.41, 5.74) is 1.12. The molecule has 0 heterocycles. The molecule has 0 aliphatic heterocycles. The van der Waals surface area contributed by atoms with E-state index in [1.165, 1.54) is 6.07 Å². The van der Waals surface area contributed by atoms with Crippen LogP contribution in [0.1, 0.15) is 24.2 Å². The van der Waals surface area contributed by atoms with Crippen molar-refractivity contribution in [1.82, 2.24) is 0 Å². The van der Waals surface area contributed by atoms with E-state index in [9.17, 15) is 14.9 Å². The van der Waals surface area contributed by atoms with Crippen molar-refractivity contribution >= 4 is 50.5 Å². The molecule has 0 spiro atoms. The molecule has 0 bridgehead atoms. The van der Waals surface area contributed by atoms with Gasteiger partial charge in [-0.25, -0.2) is 0 Å². The van der Waals surface area contributed by atoms with Crippen LogP contribution in [-0.2, 0) is 0 Å². The van der Waals surface area contributed by atoms with Gasteiger partial charge in [-0.05, 0) is 38.1 Å². The van der Waals surface area contributed by atoms with E-state index in [0.29, 0.717) is 30.0 Å². The lowest BCUT2D eigenvalue weighted by molar-refractivity contribution is -0.384. The van der Waals surface area contributed by atoms with Gasteiger partial charge in [0.2, 0.25) is 0 Å². The fourth-order valence-electron chi connectivity index (χ4n) is 2.44. The van der Waals surface area contributed by atoms with Gasteiger partial charge < -0.3 is 10.2 Å². The van der Waals surface area contributed by atoms with Crippen molar-refractivity contribution in [3.05, 3.63) is 61.6 Å². The molecule has 8 heteroatoms. The number of hydrogen-bond donors (Lipinski definition) is 1. The summed E-state index contributed by atoms with van der Waals surface area (Å²) < 4.78 is 0.777. The molecule has 0 radical (unpaired) electrons. The SMILES string of the molecule is CCN(CC)c1cc(NC(=O)c2cccc(Br)c2)c(Cl)cc1[N+](=O)[O-]. The number of halogens is 2. The number of rotatable bonds is 6. The van der Waals surface area contributed by atoms with Gasteiger partial charge in [-0.15, -0.1) is 0 Å². The van der Waals surface area contributed by atoms with Crippen molar-refractivity contribution in [1.29, 1.82) is 0 Å². The van der Waals surface area contributed by atoms with Gasteiger partial charge in [0.1, 0.15) is 5.69 Å². The van der Waals surface area contributed by atoms with Crippen LogP contribution in [0.5, 0.6) is 0 Å². The zero-order chi connectivity index (χ0) is 18.6. The van der Waals surface area contributed by atoms with E-state index in [0.717, 1.165) is 4.47 Å². The molecule has 0 atom stereocenters. The second-order valence-corrected chi connectivity index (χ2v) is 6.54. The van der Waals surface area contributed by atoms with E-state index < -0.39 is 4.92 Å². The van der Waals surface area contributed by atoms with Crippen molar-refractivity contribution in [3.8, 4) is 0 Å². The third-order valence-corrected chi connectivity index (χ3v) is 4.51. The van der Waals surface area contributed by atoms with Crippen molar-refractivity contribution in [2.75, 3.05) is 23.3 Å². The molecular weight excluding hydrogens is 410 g/mol. The van der Waals surface area contributed by atoms with Crippen molar-refractivity contribution in [2.24, 2.45) is 0 Å². The molecule has 6 nitrogen and oxygen atoms in total. The van der Waals surface area contributed by atoms with Crippen LogP contribution in [0.3, 0.4) is 0 Å². The van der Waals surface area contributed by atoms with Crippen molar-refractivity contribution in [2.45, 2.75) is 13.8 Å². The standard InChI is InChI=1S/C17H17BrClN3O3/c1-3-21(4-2)15-10-14(13(19)9-16(15)22(24)25)20-17(23)11-6-5-7-12(18)8-11/h5-10H,3-4H2,1-2H3,(H,20,23). The summed E-state index contributed by atoms with van der Waals surface area (Å²) in [5, 5.41) is 14.2. The molecular formula is C17H17BrClN3O3. The van der Waals surface area contributed by atoms with Gasteiger partial charge in [0.05, 0.1) is 15.6 Å². The molecule has 1 N–H and O–H groups in total. The molecule has 0 aromatic heterocycles. The number of nitrogens with one attached hydrogen (secondary N) is 1. The summed E-state index contributed by atoms with van der Waals surface area (Å²) in [7, 11) is 0. The van der Waals surface area contributed by atoms with Gasteiger partial charge in [-0.3, -0.25) is 14.9 Å². The highest BCUT2D eigenvalue weighted by molar-refractivity contribution is 9.10. The van der Waals surface area contributed by atoms with Gasteiger partial charge in [0.25, 0.3) is 11.6 Å². The summed E-state index contributed by atoms with van der Waals surface area (Å²) in [6, 6.07) is 9.73. The predicted molar refractivity (Wildman–Crippen MR) is 104 cm³/mol. The first kappa shape index (κ1) is 19.2. The smallest absolute Gasteiger partial charge is 0.294 e. The summed E-state index contributed by atoms with van der Waals surface area (Å²) in [5.74, 6) is -0.345. The molecule has 0 unspecified atom stereocenters. The lowest BCUT2D eigenvalue weighted by atomic mass is 10.2. The number of hydrogen-bond acceptors (Lipinski definition) is 4. The van der Waals surface area contributed by atoms with Gasteiger partial charge >= 0.3 is 0 Å². The second kappa shape index (κ2) is 8.31. The fraction of sp³-hybridized carbons (Fsp3) is 0.235. The van der Waals surface area contributed by atoms with E-state index in [2.05, 4.69) is 21.2 Å². The number of carbonyl (C=O) groups excluding carboxylic acids is 1. The number of nitro benzene ring substituents is 1. The Hall–Kier alpha value is -2.12. The Labute approximate surface area is 159 Å². The van der Waals surface area contributed by atoms with E-state index in [-0.39, 0.29) is 16.6 Å². The number of carbonyl (C=O) groups is 1. The second-order valence-electron chi connectivity index (χ2n) is 5.21. The topological polar surface area (TPSA) is 75.5 Å². The van der Waals surface area contributed by atoms with Crippen LogP contribution in [-0.4, -0.2) is 23.9 Å². The summed E-state index contributed by atoms with van der Waals surface area (Å²) >= 11 is 9.47. The van der Waals surface area contributed by atoms with Crippen LogP contribution in [0.15, 0.2) is 40.9 Å². The van der Waals surface area contributed by atoms with E-state index in [1.807, 2.05) is 24.8 Å². The Morgan fingerprint density at radius 1 is 1.28 bits per heavy atom. The number of amides is 1. The van der Waals surface area contributed by atoms with E-state index in [1.54, 1.807) is 24.3 Å². The normalized spacial score (nSPS) is 10.4. The number of nitro groups is 1. The van der Waals surface area contributed by atoms with Crippen molar-refractivity contribution in [3.63, 3.8) is 0 Å². The Kier molecular flexibility index (Phi) is 6.39.